The molecule has 0 rings (SSSR count). The largest absolute Gasteiger partial charge is 0.466 e. The van der Waals surface area contributed by atoms with Gasteiger partial charge in [-0.3, -0.25) is 0 Å². The van der Waals surface area contributed by atoms with Gasteiger partial charge in [-0.15, -0.1) is 6.58 Å². The summed E-state index contributed by atoms with van der Waals surface area (Å²) in [5.41, 5.74) is 1.63. The van der Waals surface area contributed by atoms with Crippen LogP contribution in [0.15, 0.2) is 36.1 Å². The predicted molar refractivity (Wildman–Crippen MR) is 76.2 cm³/mol. The normalized spacial score (nSPS) is 12.5. The van der Waals surface area contributed by atoms with Crippen LogP contribution < -0.4 is 5.32 Å². The molecular formula is C15H25NO2. The Hall–Kier alpha value is -1.51. The first-order chi connectivity index (χ1) is 8.56. The van der Waals surface area contributed by atoms with Gasteiger partial charge < -0.3 is 10.1 Å². The number of hydrogen-bond donors (Lipinski definition) is 1. The molecule has 0 aliphatic carbocycles. The molecule has 0 radical (unpaired) electrons. The third-order valence-corrected chi connectivity index (χ3v) is 2.40. The Labute approximate surface area is 111 Å². The fourth-order valence-corrected chi connectivity index (χ4v) is 1.65. The first-order valence-corrected chi connectivity index (χ1v) is 6.35. The van der Waals surface area contributed by atoms with E-state index in [1.54, 1.807) is 6.08 Å². The van der Waals surface area contributed by atoms with Crippen molar-refractivity contribution in [2.24, 2.45) is 0 Å². The molecule has 0 aromatic heterocycles. The lowest BCUT2D eigenvalue weighted by Gasteiger charge is -2.17. The molecule has 0 heterocycles. The van der Waals surface area contributed by atoms with E-state index in [1.165, 1.54) is 7.11 Å². The van der Waals surface area contributed by atoms with E-state index in [9.17, 15) is 4.79 Å². The van der Waals surface area contributed by atoms with Crippen LogP contribution >= 0.6 is 0 Å². The molecule has 1 N–H and O–H groups in total. The second-order valence-electron chi connectivity index (χ2n) is 4.35. The van der Waals surface area contributed by atoms with Crippen molar-refractivity contribution < 1.29 is 9.53 Å². The third-order valence-electron chi connectivity index (χ3n) is 2.40. The van der Waals surface area contributed by atoms with Gasteiger partial charge in [0.2, 0.25) is 0 Å². The number of carbonyl (C=O) groups is 1. The first-order valence-electron chi connectivity index (χ1n) is 6.35. The maximum atomic E-state index is 11.8. The number of hydrogen-bond acceptors (Lipinski definition) is 3. The van der Waals surface area contributed by atoms with Gasteiger partial charge in [-0.1, -0.05) is 18.2 Å². The highest BCUT2D eigenvalue weighted by Crippen LogP contribution is 2.15. The summed E-state index contributed by atoms with van der Waals surface area (Å²) < 4.78 is 4.83. The Balaban J connectivity index is 5.10. The Morgan fingerprint density at radius 1 is 1.44 bits per heavy atom. The van der Waals surface area contributed by atoms with E-state index in [0.717, 1.165) is 18.5 Å². The molecule has 3 nitrogen and oxygen atoms in total. The molecule has 0 spiro atoms. The number of ether oxygens (including phenoxy) is 1. The van der Waals surface area contributed by atoms with Crippen molar-refractivity contribution in [3.63, 3.8) is 0 Å². The van der Waals surface area contributed by atoms with Crippen LogP contribution in [0.2, 0.25) is 0 Å². The highest BCUT2D eigenvalue weighted by atomic mass is 16.5. The lowest BCUT2D eigenvalue weighted by atomic mass is 10.1. The predicted octanol–water partition coefficient (Wildman–Crippen LogP) is 3.34. The molecule has 0 aromatic rings. The fraction of sp³-hybridized carbons (Fsp3) is 0.533. The average Bonchev–Trinajstić information content (AvgIpc) is 2.33. The first kappa shape index (κ1) is 16.5. The summed E-state index contributed by atoms with van der Waals surface area (Å²) in [5.74, 6) is -0.279. The van der Waals surface area contributed by atoms with Crippen molar-refractivity contribution in [1.29, 1.82) is 0 Å². The molecule has 0 saturated heterocycles. The van der Waals surface area contributed by atoms with E-state index in [0.29, 0.717) is 12.0 Å². The minimum atomic E-state index is -0.279. The SMILES string of the molecule is C=CC/C(C(=O)OC)=C(\CC/C=C/C)NC(C)C. The summed E-state index contributed by atoms with van der Waals surface area (Å²) >= 11 is 0. The van der Waals surface area contributed by atoms with E-state index >= 15 is 0 Å². The number of allylic oxidation sites excluding steroid dienone is 4. The second kappa shape index (κ2) is 9.51. The van der Waals surface area contributed by atoms with Crippen molar-refractivity contribution >= 4 is 5.97 Å². The van der Waals surface area contributed by atoms with Crippen LogP contribution in [0.1, 0.15) is 40.0 Å². The summed E-state index contributed by atoms with van der Waals surface area (Å²) in [6, 6.07) is 0.287. The van der Waals surface area contributed by atoms with Gasteiger partial charge in [-0.2, -0.15) is 0 Å². The zero-order valence-electron chi connectivity index (χ0n) is 12.0. The molecular weight excluding hydrogens is 226 g/mol. The van der Waals surface area contributed by atoms with Crippen LogP contribution in [0.3, 0.4) is 0 Å². The van der Waals surface area contributed by atoms with Gasteiger partial charge >= 0.3 is 5.97 Å². The van der Waals surface area contributed by atoms with Gasteiger partial charge in [0.1, 0.15) is 0 Å². The van der Waals surface area contributed by atoms with E-state index in [-0.39, 0.29) is 12.0 Å². The molecule has 102 valence electrons. The lowest BCUT2D eigenvalue weighted by Crippen LogP contribution is -2.25. The van der Waals surface area contributed by atoms with Gasteiger partial charge in [0.05, 0.1) is 12.7 Å². The van der Waals surface area contributed by atoms with Crippen LogP contribution in [0.25, 0.3) is 0 Å². The van der Waals surface area contributed by atoms with Gasteiger partial charge in [-0.25, -0.2) is 4.79 Å². The second-order valence-corrected chi connectivity index (χ2v) is 4.35. The molecule has 0 amide bonds. The summed E-state index contributed by atoms with van der Waals surface area (Å²) in [7, 11) is 1.41. The average molecular weight is 251 g/mol. The highest BCUT2D eigenvalue weighted by molar-refractivity contribution is 5.89. The quantitative estimate of drug-likeness (QED) is 0.408. The molecule has 0 atom stereocenters. The van der Waals surface area contributed by atoms with Crippen LogP contribution in [0.5, 0.6) is 0 Å². The maximum absolute atomic E-state index is 11.8. The number of esters is 1. The maximum Gasteiger partial charge on any atom is 0.335 e. The molecule has 18 heavy (non-hydrogen) atoms. The lowest BCUT2D eigenvalue weighted by molar-refractivity contribution is -0.136. The topological polar surface area (TPSA) is 38.3 Å². The Bertz CT molecular complexity index is 327. The van der Waals surface area contributed by atoms with Crippen molar-refractivity contribution in [2.75, 3.05) is 7.11 Å². The van der Waals surface area contributed by atoms with Crippen molar-refractivity contribution in [3.8, 4) is 0 Å². The van der Waals surface area contributed by atoms with Gasteiger partial charge in [0.25, 0.3) is 0 Å². The Morgan fingerprint density at radius 3 is 2.56 bits per heavy atom. The molecule has 0 aliphatic heterocycles. The van der Waals surface area contributed by atoms with Crippen LogP contribution in [-0.2, 0) is 9.53 Å². The van der Waals surface area contributed by atoms with E-state index in [1.807, 2.05) is 13.0 Å². The zero-order chi connectivity index (χ0) is 14.0. The zero-order valence-corrected chi connectivity index (χ0v) is 12.0. The van der Waals surface area contributed by atoms with Crippen LogP contribution in [-0.4, -0.2) is 19.1 Å². The number of methoxy groups -OCH3 is 1. The van der Waals surface area contributed by atoms with Gasteiger partial charge in [0, 0.05) is 11.7 Å². The monoisotopic (exact) mass is 251 g/mol. The minimum absolute atomic E-state index is 0.279. The third kappa shape index (κ3) is 6.28. The van der Waals surface area contributed by atoms with Crippen LogP contribution in [0, 0.1) is 0 Å². The molecule has 0 saturated carbocycles. The molecule has 0 bridgehead atoms. The molecule has 0 aliphatic rings. The van der Waals surface area contributed by atoms with E-state index in [2.05, 4.69) is 31.8 Å². The highest BCUT2D eigenvalue weighted by Gasteiger charge is 2.15. The summed E-state index contributed by atoms with van der Waals surface area (Å²) in [6.45, 7) is 9.79. The summed E-state index contributed by atoms with van der Waals surface area (Å²) in [4.78, 5) is 11.8. The van der Waals surface area contributed by atoms with Gasteiger partial charge in [0.15, 0.2) is 0 Å². The Kier molecular flexibility index (Phi) is 8.71. The van der Waals surface area contributed by atoms with Crippen molar-refractivity contribution in [2.45, 2.75) is 46.1 Å². The minimum Gasteiger partial charge on any atom is -0.466 e. The Morgan fingerprint density at radius 2 is 2.11 bits per heavy atom. The fourth-order valence-electron chi connectivity index (χ4n) is 1.65. The molecule has 3 heteroatoms. The molecule has 0 unspecified atom stereocenters. The van der Waals surface area contributed by atoms with E-state index < -0.39 is 0 Å². The van der Waals surface area contributed by atoms with Gasteiger partial charge in [-0.05, 0) is 40.0 Å². The number of rotatable bonds is 8. The number of nitrogens with one attached hydrogen (secondary N) is 1. The summed E-state index contributed by atoms with van der Waals surface area (Å²) in [5, 5.41) is 3.34. The summed E-state index contributed by atoms with van der Waals surface area (Å²) in [6.07, 6.45) is 8.06. The molecule has 0 fully saturated rings. The standard InChI is InChI=1S/C15H25NO2/c1-6-8-9-11-14(16-12(3)4)13(10-7-2)15(17)18-5/h6-8,12,16H,2,9-11H2,1,3-5H3/b8-6+,14-13-. The smallest absolute Gasteiger partial charge is 0.335 e. The van der Waals surface area contributed by atoms with Crippen LogP contribution in [0.4, 0.5) is 0 Å². The molecule has 0 aromatic carbocycles. The van der Waals surface area contributed by atoms with E-state index in [4.69, 9.17) is 4.74 Å². The number of carbonyl (C=O) groups excluding carboxylic acids is 1. The van der Waals surface area contributed by atoms with Crippen molar-refractivity contribution in [3.05, 3.63) is 36.1 Å². The van der Waals surface area contributed by atoms with Crippen molar-refractivity contribution in [1.82, 2.24) is 5.32 Å².